The van der Waals surface area contributed by atoms with Crippen LogP contribution in [0.25, 0.3) is 0 Å². The van der Waals surface area contributed by atoms with E-state index in [4.69, 9.17) is 5.11 Å². The van der Waals surface area contributed by atoms with Crippen molar-refractivity contribution in [1.29, 1.82) is 0 Å². The van der Waals surface area contributed by atoms with Gasteiger partial charge in [0.2, 0.25) is 0 Å². The monoisotopic (exact) mass is 262 g/mol. The molecule has 1 aliphatic rings. The van der Waals surface area contributed by atoms with Crippen LogP contribution in [0.15, 0.2) is 0 Å². The van der Waals surface area contributed by atoms with Crippen molar-refractivity contribution < 1.29 is 41.4 Å². The summed E-state index contributed by atoms with van der Waals surface area (Å²) in [6.45, 7) is 0. The average Bonchev–Trinajstić information content (AvgIpc) is 2.11. The Morgan fingerprint density at radius 2 is 1.29 bits per heavy atom. The van der Waals surface area contributed by atoms with E-state index in [9.17, 15) is 36.3 Å². The molecule has 0 aromatic carbocycles. The molecule has 1 heterocycles. The molecule has 1 fully saturated rings. The van der Waals surface area contributed by atoms with Crippen LogP contribution in [0, 0.1) is 0 Å². The van der Waals surface area contributed by atoms with Gasteiger partial charge in [-0.2, -0.15) is 22.0 Å². The second-order valence-electron chi connectivity index (χ2n) is 3.02. The molecule has 0 aromatic rings. The number of aliphatic hydroxyl groups is 1. The van der Waals surface area contributed by atoms with Crippen LogP contribution in [0.1, 0.15) is 0 Å². The van der Waals surface area contributed by atoms with Crippen LogP contribution in [0.5, 0.6) is 0 Å². The van der Waals surface area contributed by atoms with Crippen molar-refractivity contribution in [2.75, 3.05) is 0 Å². The number of hydrogen-bond donors (Lipinski definition) is 3. The minimum absolute atomic E-state index is 0.939. The zero-order valence-corrected chi connectivity index (χ0v) is 7.56. The molecule has 17 heavy (non-hydrogen) atoms. The Balaban J connectivity index is 3.31. The number of halogens is 5. The molecule has 0 aliphatic carbocycles. The van der Waals surface area contributed by atoms with E-state index < -0.39 is 35.5 Å². The molecule has 6 nitrogen and oxygen atoms in total. The third kappa shape index (κ3) is 1.62. The molecule has 3 N–H and O–H groups in total. The predicted octanol–water partition coefficient (Wildman–Crippen LogP) is -0.719. The first-order valence-electron chi connectivity index (χ1n) is 3.78. The summed E-state index contributed by atoms with van der Waals surface area (Å²) in [5.74, 6) is -10.9. The van der Waals surface area contributed by atoms with Gasteiger partial charge in [0, 0.05) is 0 Å². The molecule has 0 unspecified atom stereocenters. The van der Waals surface area contributed by atoms with Crippen LogP contribution >= 0.6 is 0 Å². The van der Waals surface area contributed by atoms with E-state index in [1.54, 1.807) is 0 Å². The van der Waals surface area contributed by atoms with Crippen LogP contribution in [0.3, 0.4) is 0 Å². The van der Waals surface area contributed by atoms with Gasteiger partial charge in [-0.1, -0.05) is 0 Å². The van der Waals surface area contributed by atoms with Crippen molar-refractivity contribution >= 4 is 17.8 Å². The van der Waals surface area contributed by atoms with Crippen molar-refractivity contribution in [2.24, 2.45) is 0 Å². The van der Waals surface area contributed by atoms with E-state index >= 15 is 0 Å². The lowest BCUT2D eigenvalue weighted by molar-refractivity contribution is -0.326. The summed E-state index contributed by atoms with van der Waals surface area (Å²) in [6, 6.07) is -1.61. The topological polar surface area (TPSA) is 95.5 Å². The quantitative estimate of drug-likeness (QED) is 0.429. The van der Waals surface area contributed by atoms with Gasteiger partial charge in [0.05, 0.1) is 0 Å². The Bertz CT molecular complexity index is 384. The molecular weight excluding hydrogens is 259 g/mol. The van der Waals surface area contributed by atoms with Gasteiger partial charge < -0.3 is 5.11 Å². The summed E-state index contributed by atoms with van der Waals surface area (Å²) in [5.41, 5.74) is -4.72. The summed E-state index contributed by atoms with van der Waals surface area (Å²) in [4.78, 5) is 32.1. The maximum Gasteiger partial charge on any atom is 0.457 e. The Morgan fingerprint density at radius 1 is 0.941 bits per heavy atom. The van der Waals surface area contributed by atoms with E-state index in [1.165, 1.54) is 0 Å². The first kappa shape index (κ1) is 13.3. The smallest absolute Gasteiger partial charge is 0.367 e. The van der Waals surface area contributed by atoms with Gasteiger partial charge in [-0.05, 0) is 0 Å². The maximum atomic E-state index is 12.8. The van der Waals surface area contributed by atoms with Crippen molar-refractivity contribution in [1.82, 2.24) is 10.6 Å². The summed E-state index contributed by atoms with van der Waals surface area (Å²) >= 11 is 0. The molecule has 96 valence electrons. The lowest BCUT2D eigenvalue weighted by Gasteiger charge is -2.35. The summed E-state index contributed by atoms with van der Waals surface area (Å²) in [6.07, 6.45) is -6.35. The molecule has 0 atom stereocenters. The summed E-state index contributed by atoms with van der Waals surface area (Å²) in [5, 5.41) is 10.8. The number of nitrogens with one attached hydrogen (secondary N) is 2. The molecule has 0 saturated carbocycles. The molecule has 0 aromatic heterocycles. The van der Waals surface area contributed by atoms with Crippen LogP contribution in [-0.4, -0.2) is 40.7 Å². The molecule has 1 rings (SSSR count). The number of alkyl halides is 5. The zero-order valence-electron chi connectivity index (χ0n) is 7.56. The minimum atomic E-state index is -6.35. The zero-order chi connectivity index (χ0) is 13.6. The van der Waals surface area contributed by atoms with Gasteiger partial charge in [0.1, 0.15) is 0 Å². The standard InChI is InChI=1S/C6H3F5N2O4/c7-5(8,6(9,10)11)4(17)1(14)12-3(16)13-2(4)15/h17H,(H2,12,13,14,15,16). The van der Waals surface area contributed by atoms with E-state index in [0.29, 0.717) is 0 Å². The van der Waals surface area contributed by atoms with Crippen molar-refractivity contribution in [3.8, 4) is 0 Å². The third-order valence-electron chi connectivity index (χ3n) is 1.92. The molecule has 1 saturated heterocycles. The van der Waals surface area contributed by atoms with Gasteiger partial charge in [0.25, 0.3) is 17.4 Å². The number of barbiturate groups is 1. The van der Waals surface area contributed by atoms with Gasteiger partial charge in [-0.25, -0.2) is 4.79 Å². The number of imide groups is 2. The SMILES string of the molecule is O=C1NC(=O)C(O)(C(F)(F)C(F)(F)F)C(=O)N1. The first-order chi connectivity index (χ1) is 7.44. The van der Waals surface area contributed by atoms with Crippen molar-refractivity contribution in [3.05, 3.63) is 0 Å². The fourth-order valence-electron chi connectivity index (χ4n) is 1.01. The molecule has 0 bridgehead atoms. The van der Waals surface area contributed by atoms with Crippen LogP contribution in [0.2, 0.25) is 0 Å². The lowest BCUT2D eigenvalue weighted by Crippen LogP contribution is -2.76. The number of urea groups is 1. The highest BCUT2D eigenvalue weighted by molar-refractivity contribution is 6.22. The van der Waals surface area contributed by atoms with Crippen LogP contribution < -0.4 is 10.6 Å². The molecule has 0 spiro atoms. The molecule has 1 aliphatic heterocycles. The van der Waals surface area contributed by atoms with E-state index in [0.717, 1.165) is 10.6 Å². The van der Waals surface area contributed by atoms with Crippen molar-refractivity contribution in [3.63, 3.8) is 0 Å². The Hall–Kier alpha value is -1.78. The highest BCUT2D eigenvalue weighted by atomic mass is 19.4. The van der Waals surface area contributed by atoms with E-state index in [1.807, 2.05) is 0 Å². The number of rotatable bonds is 1. The van der Waals surface area contributed by atoms with Gasteiger partial charge in [0.15, 0.2) is 0 Å². The van der Waals surface area contributed by atoms with E-state index in [-0.39, 0.29) is 0 Å². The highest BCUT2D eigenvalue weighted by Gasteiger charge is 2.77. The number of carbonyl (C=O) groups is 3. The molecule has 11 heteroatoms. The van der Waals surface area contributed by atoms with Crippen molar-refractivity contribution in [2.45, 2.75) is 17.7 Å². The average molecular weight is 262 g/mol. The van der Waals surface area contributed by atoms with Gasteiger partial charge in [-0.15, -0.1) is 0 Å². The molecule has 0 radical (unpaired) electrons. The van der Waals surface area contributed by atoms with E-state index in [2.05, 4.69) is 0 Å². The predicted molar refractivity (Wildman–Crippen MR) is 37.6 cm³/mol. The fraction of sp³-hybridized carbons (Fsp3) is 0.500. The number of amides is 4. The second kappa shape index (κ2) is 3.35. The largest absolute Gasteiger partial charge is 0.457 e. The first-order valence-corrected chi connectivity index (χ1v) is 3.78. The molecule has 4 amide bonds. The Labute approximate surface area is 88.8 Å². The maximum absolute atomic E-state index is 12.8. The Kier molecular flexibility index (Phi) is 2.62. The Morgan fingerprint density at radius 3 is 1.59 bits per heavy atom. The highest BCUT2D eigenvalue weighted by Crippen LogP contribution is 2.44. The summed E-state index contributed by atoms with van der Waals surface area (Å²) < 4.78 is 61.5. The fourth-order valence-corrected chi connectivity index (χ4v) is 1.01. The van der Waals surface area contributed by atoms with Gasteiger partial charge >= 0.3 is 18.1 Å². The second-order valence-corrected chi connectivity index (χ2v) is 3.02. The lowest BCUT2D eigenvalue weighted by atomic mass is 9.91. The molecular formula is C6H3F5N2O4. The van der Waals surface area contributed by atoms with Gasteiger partial charge in [-0.3, -0.25) is 20.2 Å². The van der Waals surface area contributed by atoms with Crippen LogP contribution in [0.4, 0.5) is 26.7 Å². The third-order valence-corrected chi connectivity index (χ3v) is 1.92. The number of carbonyl (C=O) groups excluding carboxylic acids is 3. The minimum Gasteiger partial charge on any atom is -0.367 e. The normalized spacial score (nSPS) is 20.9. The summed E-state index contributed by atoms with van der Waals surface area (Å²) in [7, 11) is 0. The number of hydrogen-bond acceptors (Lipinski definition) is 4. The van der Waals surface area contributed by atoms with Crippen LogP contribution in [-0.2, 0) is 9.59 Å².